The number of carboxylic acids is 1. The van der Waals surface area contributed by atoms with Crippen molar-refractivity contribution in [3.63, 3.8) is 0 Å². The summed E-state index contributed by atoms with van der Waals surface area (Å²) in [7, 11) is 0. The van der Waals surface area contributed by atoms with Crippen LogP contribution in [0.2, 0.25) is 0 Å². The van der Waals surface area contributed by atoms with Crippen LogP contribution in [-0.2, 0) is 14.4 Å². The Morgan fingerprint density at radius 2 is 1.90 bits per heavy atom. The molecular formula is C15H24N2O4. The van der Waals surface area contributed by atoms with Gasteiger partial charge in [-0.1, -0.05) is 6.92 Å². The van der Waals surface area contributed by atoms with Gasteiger partial charge in [-0.2, -0.15) is 0 Å². The Labute approximate surface area is 124 Å². The summed E-state index contributed by atoms with van der Waals surface area (Å²) in [6, 6.07) is 0.223. The van der Waals surface area contributed by atoms with E-state index in [0.717, 1.165) is 25.7 Å². The Kier molecular flexibility index (Phi) is 5.20. The van der Waals surface area contributed by atoms with Crippen molar-refractivity contribution in [2.75, 3.05) is 13.1 Å². The molecule has 2 N–H and O–H groups in total. The highest BCUT2D eigenvalue weighted by Crippen LogP contribution is 2.29. The smallest absolute Gasteiger partial charge is 0.308 e. The third-order valence-corrected chi connectivity index (χ3v) is 4.01. The maximum atomic E-state index is 12.2. The van der Waals surface area contributed by atoms with E-state index in [1.165, 1.54) is 0 Å². The van der Waals surface area contributed by atoms with Crippen molar-refractivity contribution < 1.29 is 19.5 Å². The van der Waals surface area contributed by atoms with Crippen LogP contribution in [0.1, 0.15) is 45.4 Å². The van der Waals surface area contributed by atoms with Gasteiger partial charge < -0.3 is 15.3 Å². The largest absolute Gasteiger partial charge is 0.481 e. The summed E-state index contributed by atoms with van der Waals surface area (Å²) in [4.78, 5) is 36.3. The number of carboxylic acid groups (broad SMARTS) is 1. The quantitative estimate of drug-likeness (QED) is 0.622. The summed E-state index contributed by atoms with van der Waals surface area (Å²) in [5, 5.41) is 11.8. The first-order valence-corrected chi connectivity index (χ1v) is 7.79. The number of carbonyl (C=O) groups is 3. The minimum Gasteiger partial charge on any atom is -0.481 e. The van der Waals surface area contributed by atoms with Crippen molar-refractivity contribution in [1.29, 1.82) is 0 Å². The van der Waals surface area contributed by atoms with Gasteiger partial charge in [0.05, 0.1) is 5.92 Å². The zero-order valence-electron chi connectivity index (χ0n) is 12.5. The highest BCUT2D eigenvalue weighted by Gasteiger charge is 2.34. The van der Waals surface area contributed by atoms with Gasteiger partial charge in [0.15, 0.2) is 0 Å². The molecule has 6 nitrogen and oxygen atoms in total. The Morgan fingerprint density at radius 3 is 2.43 bits per heavy atom. The number of aliphatic carboxylic acids is 1. The summed E-state index contributed by atoms with van der Waals surface area (Å²) in [5.74, 6) is -1.11. The molecule has 2 aliphatic rings. The molecule has 1 unspecified atom stereocenters. The van der Waals surface area contributed by atoms with Crippen molar-refractivity contribution in [1.82, 2.24) is 10.2 Å². The van der Waals surface area contributed by atoms with Crippen LogP contribution in [0.3, 0.4) is 0 Å². The molecule has 118 valence electrons. The van der Waals surface area contributed by atoms with Gasteiger partial charge in [-0.25, -0.2) is 0 Å². The van der Waals surface area contributed by atoms with Gasteiger partial charge in [0.2, 0.25) is 11.8 Å². The van der Waals surface area contributed by atoms with E-state index >= 15 is 0 Å². The van der Waals surface area contributed by atoms with Crippen LogP contribution in [-0.4, -0.2) is 46.9 Å². The molecule has 0 aromatic rings. The fourth-order valence-corrected chi connectivity index (χ4v) is 2.30. The molecule has 0 heterocycles. The first kappa shape index (κ1) is 15.8. The standard InChI is InChI=1S/C15H24N2O4/c1-10(15(20)21)9-17(12-6-7-12)13(18)3-2-8-16-14(19)11-4-5-11/h10-12H,2-9H2,1H3,(H,16,19)(H,20,21). The summed E-state index contributed by atoms with van der Waals surface area (Å²) < 4.78 is 0. The predicted octanol–water partition coefficient (Wildman–Crippen LogP) is 1.00. The first-order chi connectivity index (χ1) is 9.99. The van der Waals surface area contributed by atoms with E-state index in [4.69, 9.17) is 5.11 Å². The topological polar surface area (TPSA) is 86.7 Å². The second-order valence-corrected chi connectivity index (χ2v) is 6.19. The molecule has 0 aliphatic heterocycles. The van der Waals surface area contributed by atoms with Crippen molar-refractivity contribution >= 4 is 17.8 Å². The summed E-state index contributed by atoms with van der Waals surface area (Å²) in [6.45, 7) is 2.43. The molecule has 2 aliphatic carbocycles. The Balaban J connectivity index is 1.68. The highest BCUT2D eigenvalue weighted by molar-refractivity contribution is 5.81. The van der Waals surface area contributed by atoms with Gasteiger partial charge in [0.25, 0.3) is 0 Å². The van der Waals surface area contributed by atoms with Crippen LogP contribution in [0.5, 0.6) is 0 Å². The van der Waals surface area contributed by atoms with E-state index in [2.05, 4.69) is 5.32 Å². The lowest BCUT2D eigenvalue weighted by Crippen LogP contribution is -2.38. The molecule has 2 rings (SSSR count). The maximum Gasteiger partial charge on any atom is 0.308 e. The molecule has 0 saturated heterocycles. The van der Waals surface area contributed by atoms with E-state index in [0.29, 0.717) is 19.4 Å². The van der Waals surface area contributed by atoms with Crippen LogP contribution in [0, 0.1) is 11.8 Å². The van der Waals surface area contributed by atoms with E-state index in [-0.39, 0.29) is 30.3 Å². The molecule has 0 aromatic heterocycles. The monoisotopic (exact) mass is 296 g/mol. The fraction of sp³-hybridized carbons (Fsp3) is 0.800. The molecule has 0 radical (unpaired) electrons. The van der Waals surface area contributed by atoms with Crippen LogP contribution in [0.25, 0.3) is 0 Å². The normalized spacial score (nSPS) is 18.9. The average molecular weight is 296 g/mol. The highest BCUT2D eigenvalue weighted by atomic mass is 16.4. The average Bonchev–Trinajstić information content (AvgIpc) is 3.29. The number of carbonyl (C=O) groups excluding carboxylic acids is 2. The van der Waals surface area contributed by atoms with Crippen LogP contribution < -0.4 is 5.32 Å². The SMILES string of the molecule is CC(CN(C(=O)CCCNC(=O)C1CC1)C1CC1)C(=O)O. The van der Waals surface area contributed by atoms with Gasteiger partial charge in [-0.05, 0) is 32.1 Å². The van der Waals surface area contributed by atoms with Gasteiger partial charge in [0.1, 0.15) is 0 Å². The van der Waals surface area contributed by atoms with E-state index < -0.39 is 11.9 Å². The van der Waals surface area contributed by atoms with Crippen molar-refractivity contribution in [3.05, 3.63) is 0 Å². The number of amides is 2. The number of hydrogen-bond donors (Lipinski definition) is 2. The Morgan fingerprint density at radius 1 is 1.24 bits per heavy atom. The molecule has 6 heteroatoms. The Bertz CT molecular complexity index is 416. The third-order valence-electron chi connectivity index (χ3n) is 4.01. The molecule has 0 bridgehead atoms. The van der Waals surface area contributed by atoms with Crippen molar-refractivity contribution in [2.24, 2.45) is 11.8 Å². The summed E-state index contributed by atoms with van der Waals surface area (Å²) >= 11 is 0. The molecule has 0 spiro atoms. The summed E-state index contributed by atoms with van der Waals surface area (Å²) in [5.41, 5.74) is 0. The zero-order valence-corrected chi connectivity index (χ0v) is 12.5. The number of nitrogens with zero attached hydrogens (tertiary/aromatic N) is 1. The number of nitrogens with one attached hydrogen (secondary N) is 1. The third kappa shape index (κ3) is 5.02. The van der Waals surface area contributed by atoms with Crippen LogP contribution >= 0.6 is 0 Å². The minimum absolute atomic E-state index is 0.00581. The molecule has 0 aromatic carbocycles. The molecule has 21 heavy (non-hydrogen) atoms. The van der Waals surface area contributed by atoms with Gasteiger partial charge in [-0.15, -0.1) is 0 Å². The molecule has 2 saturated carbocycles. The lowest BCUT2D eigenvalue weighted by atomic mass is 10.1. The van der Waals surface area contributed by atoms with Gasteiger partial charge in [0, 0.05) is 31.5 Å². The van der Waals surface area contributed by atoms with Crippen LogP contribution in [0.4, 0.5) is 0 Å². The molecule has 1 atom stereocenters. The van der Waals surface area contributed by atoms with Crippen molar-refractivity contribution in [2.45, 2.75) is 51.5 Å². The molecular weight excluding hydrogens is 272 g/mol. The van der Waals surface area contributed by atoms with Crippen LogP contribution in [0.15, 0.2) is 0 Å². The Hall–Kier alpha value is -1.59. The zero-order chi connectivity index (χ0) is 15.4. The second kappa shape index (κ2) is 6.91. The molecule has 2 fully saturated rings. The minimum atomic E-state index is -0.870. The van der Waals surface area contributed by atoms with E-state index in [9.17, 15) is 14.4 Å². The second-order valence-electron chi connectivity index (χ2n) is 6.19. The van der Waals surface area contributed by atoms with E-state index in [1.54, 1.807) is 11.8 Å². The molecule has 2 amide bonds. The number of hydrogen-bond acceptors (Lipinski definition) is 3. The summed E-state index contributed by atoms with van der Waals surface area (Å²) in [6.07, 6.45) is 4.88. The lowest BCUT2D eigenvalue weighted by Gasteiger charge is -2.24. The van der Waals surface area contributed by atoms with Crippen molar-refractivity contribution in [3.8, 4) is 0 Å². The number of rotatable bonds is 9. The van der Waals surface area contributed by atoms with E-state index in [1.807, 2.05) is 0 Å². The van der Waals surface area contributed by atoms with Gasteiger partial charge in [-0.3, -0.25) is 14.4 Å². The predicted molar refractivity (Wildman–Crippen MR) is 76.5 cm³/mol. The lowest BCUT2D eigenvalue weighted by molar-refractivity contribution is -0.143. The fourth-order valence-electron chi connectivity index (χ4n) is 2.30. The first-order valence-electron chi connectivity index (χ1n) is 7.79. The maximum absolute atomic E-state index is 12.2. The van der Waals surface area contributed by atoms with Gasteiger partial charge >= 0.3 is 5.97 Å².